The number of carboxylic acid groups (broad SMARTS) is 1. The van der Waals surface area contributed by atoms with Gasteiger partial charge in [-0.2, -0.15) is 0 Å². The molecule has 0 atom stereocenters. The third-order valence-electron chi connectivity index (χ3n) is 1.68. The monoisotopic (exact) mass is 290 g/mol. The molecule has 0 bridgehead atoms. The molecule has 0 amide bonds. The Balaban J connectivity index is 2.82. The quantitative estimate of drug-likeness (QED) is 0.514. The van der Waals surface area contributed by atoms with Gasteiger partial charge in [0.1, 0.15) is 0 Å². The van der Waals surface area contributed by atoms with Gasteiger partial charge in [0.15, 0.2) is 0 Å². The summed E-state index contributed by atoms with van der Waals surface area (Å²) in [6.07, 6.45) is 0. The van der Waals surface area contributed by atoms with E-state index in [2.05, 4.69) is 15.9 Å². The molecule has 0 saturated heterocycles. The number of carbonyl (C=O) groups is 1. The zero-order valence-corrected chi connectivity index (χ0v) is 10.6. The highest BCUT2D eigenvalue weighted by Gasteiger charge is 2.10. The third kappa shape index (κ3) is 3.85. The minimum absolute atomic E-state index is 0.308. The van der Waals surface area contributed by atoms with Gasteiger partial charge in [-0.25, -0.2) is 4.79 Å². The van der Waals surface area contributed by atoms with Crippen LogP contribution in [0.15, 0.2) is 27.6 Å². The molecule has 3 nitrogen and oxygen atoms in total. The van der Waals surface area contributed by atoms with Crippen LogP contribution in [0.1, 0.15) is 17.3 Å². The van der Waals surface area contributed by atoms with Gasteiger partial charge in [0.2, 0.25) is 0 Å². The fraction of sp³-hybridized carbons (Fsp3) is 0.300. The van der Waals surface area contributed by atoms with Crippen molar-refractivity contribution in [1.82, 2.24) is 0 Å². The van der Waals surface area contributed by atoms with E-state index in [0.717, 1.165) is 4.47 Å². The standard InChI is InChI=1S/C10H11BrO3S/c1-2-14-6-15-9-5-7(11)3-4-8(9)10(12)13/h3-5H,2,6H2,1H3,(H,12,13). The molecule has 0 aliphatic carbocycles. The summed E-state index contributed by atoms with van der Waals surface area (Å²) >= 11 is 4.69. The summed E-state index contributed by atoms with van der Waals surface area (Å²) in [7, 11) is 0. The van der Waals surface area contributed by atoms with Gasteiger partial charge in [-0.3, -0.25) is 0 Å². The van der Waals surface area contributed by atoms with E-state index in [9.17, 15) is 4.79 Å². The van der Waals surface area contributed by atoms with Crippen molar-refractivity contribution in [2.24, 2.45) is 0 Å². The molecule has 1 N–H and O–H groups in total. The molecule has 0 heterocycles. The van der Waals surface area contributed by atoms with Crippen molar-refractivity contribution >= 4 is 33.7 Å². The maximum Gasteiger partial charge on any atom is 0.336 e. The predicted molar refractivity (Wildman–Crippen MR) is 63.5 cm³/mol. The van der Waals surface area contributed by atoms with Crippen LogP contribution < -0.4 is 0 Å². The van der Waals surface area contributed by atoms with Crippen LogP contribution >= 0.6 is 27.7 Å². The summed E-state index contributed by atoms with van der Waals surface area (Å²) < 4.78 is 6.03. The van der Waals surface area contributed by atoms with Gasteiger partial charge >= 0.3 is 5.97 Å². The summed E-state index contributed by atoms with van der Waals surface area (Å²) in [5.74, 6) is -0.450. The first-order valence-corrected chi connectivity index (χ1v) is 6.16. The van der Waals surface area contributed by atoms with Gasteiger partial charge in [0.25, 0.3) is 0 Å². The van der Waals surface area contributed by atoms with E-state index in [1.165, 1.54) is 11.8 Å². The minimum Gasteiger partial charge on any atom is -0.478 e. The second-order valence-corrected chi connectivity index (χ2v) is 4.58. The molecule has 82 valence electrons. The van der Waals surface area contributed by atoms with Gasteiger partial charge in [-0.05, 0) is 25.1 Å². The molecule has 15 heavy (non-hydrogen) atoms. The number of ether oxygens (including phenoxy) is 1. The van der Waals surface area contributed by atoms with Crippen LogP contribution in [0.5, 0.6) is 0 Å². The second kappa shape index (κ2) is 6.15. The number of halogens is 1. The van der Waals surface area contributed by atoms with Crippen LogP contribution in [0.3, 0.4) is 0 Å². The number of hydrogen-bond acceptors (Lipinski definition) is 3. The van der Waals surface area contributed by atoms with Crippen LogP contribution in [0.4, 0.5) is 0 Å². The van der Waals surface area contributed by atoms with Crippen LogP contribution in [0.25, 0.3) is 0 Å². The zero-order valence-electron chi connectivity index (χ0n) is 8.20. The second-order valence-electron chi connectivity index (χ2n) is 2.70. The Morgan fingerprint density at radius 2 is 2.33 bits per heavy atom. The molecular weight excluding hydrogens is 280 g/mol. The molecule has 0 aromatic heterocycles. The summed E-state index contributed by atoms with van der Waals surface area (Å²) in [5.41, 5.74) is 0.308. The molecule has 0 radical (unpaired) electrons. The number of thioether (sulfide) groups is 1. The smallest absolute Gasteiger partial charge is 0.336 e. The van der Waals surface area contributed by atoms with Crippen LogP contribution in [0.2, 0.25) is 0 Å². The highest BCUT2D eigenvalue weighted by molar-refractivity contribution is 9.10. The van der Waals surface area contributed by atoms with Crippen molar-refractivity contribution in [3.8, 4) is 0 Å². The van der Waals surface area contributed by atoms with E-state index in [0.29, 0.717) is 23.0 Å². The molecular formula is C10H11BrO3S. The van der Waals surface area contributed by atoms with Crippen LogP contribution in [0, 0.1) is 0 Å². The number of aromatic carboxylic acids is 1. The Morgan fingerprint density at radius 3 is 2.93 bits per heavy atom. The van der Waals surface area contributed by atoms with Crippen molar-refractivity contribution < 1.29 is 14.6 Å². The summed E-state index contributed by atoms with van der Waals surface area (Å²) in [6, 6.07) is 5.09. The number of carboxylic acids is 1. The average molecular weight is 291 g/mol. The molecule has 0 saturated carbocycles. The lowest BCUT2D eigenvalue weighted by Crippen LogP contribution is -1.99. The SMILES string of the molecule is CCOCSc1cc(Br)ccc1C(=O)O. The first-order chi connectivity index (χ1) is 7.15. The van der Waals surface area contributed by atoms with Crippen molar-refractivity contribution in [3.63, 3.8) is 0 Å². The lowest BCUT2D eigenvalue weighted by molar-refractivity contribution is 0.0693. The highest BCUT2D eigenvalue weighted by atomic mass is 79.9. The van der Waals surface area contributed by atoms with E-state index in [1.807, 2.05) is 6.92 Å². The zero-order chi connectivity index (χ0) is 11.3. The average Bonchev–Trinajstić information content (AvgIpc) is 2.18. The first-order valence-electron chi connectivity index (χ1n) is 4.38. The number of benzene rings is 1. The van der Waals surface area contributed by atoms with E-state index in [1.54, 1.807) is 18.2 Å². The molecule has 5 heteroatoms. The van der Waals surface area contributed by atoms with Crippen molar-refractivity contribution in [2.45, 2.75) is 11.8 Å². The van der Waals surface area contributed by atoms with Gasteiger partial charge in [-0.15, -0.1) is 0 Å². The summed E-state index contributed by atoms with van der Waals surface area (Å²) in [6.45, 7) is 2.53. The van der Waals surface area contributed by atoms with Gasteiger partial charge in [-0.1, -0.05) is 27.7 Å². The van der Waals surface area contributed by atoms with Crippen molar-refractivity contribution in [3.05, 3.63) is 28.2 Å². The maximum atomic E-state index is 10.9. The van der Waals surface area contributed by atoms with Crippen molar-refractivity contribution in [2.75, 3.05) is 12.5 Å². The topological polar surface area (TPSA) is 46.5 Å². The molecule has 0 aliphatic heterocycles. The lowest BCUT2D eigenvalue weighted by Gasteiger charge is -2.06. The van der Waals surface area contributed by atoms with E-state index in [4.69, 9.17) is 9.84 Å². The fourth-order valence-corrected chi connectivity index (χ4v) is 2.39. The van der Waals surface area contributed by atoms with E-state index in [-0.39, 0.29) is 0 Å². The highest BCUT2D eigenvalue weighted by Crippen LogP contribution is 2.26. The lowest BCUT2D eigenvalue weighted by atomic mass is 10.2. The molecule has 1 rings (SSSR count). The Labute approximate surface area is 101 Å². The first kappa shape index (κ1) is 12.5. The normalized spacial score (nSPS) is 10.3. The number of rotatable bonds is 5. The third-order valence-corrected chi connectivity index (χ3v) is 3.10. The molecule has 0 unspecified atom stereocenters. The Morgan fingerprint density at radius 1 is 1.60 bits per heavy atom. The van der Waals surface area contributed by atoms with Gasteiger partial charge in [0.05, 0.1) is 11.5 Å². The summed E-state index contributed by atoms with van der Waals surface area (Å²) in [4.78, 5) is 11.6. The molecule has 0 spiro atoms. The van der Waals surface area contributed by atoms with Crippen LogP contribution in [-0.2, 0) is 4.74 Å². The van der Waals surface area contributed by atoms with E-state index < -0.39 is 5.97 Å². The Bertz CT molecular complexity index is 355. The number of hydrogen-bond donors (Lipinski definition) is 1. The molecule has 1 aromatic carbocycles. The van der Waals surface area contributed by atoms with Gasteiger partial charge < -0.3 is 9.84 Å². The largest absolute Gasteiger partial charge is 0.478 e. The minimum atomic E-state index is -0.915. The molecule has 1 aromatic rings. The van der Waals surface area contributed by atoms with E-state index >= 15 is 0 Å². The van der Waals surface area contributed by atoms with Crippen LogP contribution in [-0.4, -0.2) is 23.6 Å². The molecule has 0 fully saturated rings. The Hall–Kier alpha value is -0.520. The van der Waals surface area contributed by atoms with Gasteiger partial charge in [0, 0.05) is 16.0 Å². The summed E-state index contributed by atoms with van der Waals surface area (Å²) in [5, 5.41) is 8.94. The maximum absolute atomic E-state index is 10.9. The van der Waals surface area contributed by atoms with Crippen molar-refractivity contribution in [1.29, 1.82) is 0 Å². The fourth-order valence-electron chi connectivity index (χ4n) is 0.981. The predicted octanol–water partition coefficient (Wildman–Crippen LogP) is 3.23. The molecule has 0 aliphatic rings. The Kier molecular flexibility index (Phi) is 5.14.